The molecular weight excluding hydrogens is 264 g/mol. The van der Waals surface area contributed by atoms with Crippen molar-refractivity contribution in [3.8, 4) is 5.75 Å². The minimum Gasteiger partial charge on any atom is -0.508 e. The third kappa shape index (κ3) is 2.84. The predicted octanol–water partition coefficient (Wildman–Crippen LogP) is 3.26. The molecule has 4 nitrogen and oxygen atoms in total. The van der Waals surface area contributed by atoms with Crippen LogP contribution < -0.4 is 10.6 Å². The Morgan fingerprint density at radius 1 is 1.19 bits per heavy atom. The summed E-state index contributed by atoms with van der Waals surface area (Å²) in [5.74, 6) is -0.0126. The summed E-state index contributed by atoms with van der Waals surface area (Å²) in [4.78, 5) is 14.5. The third-order valence-corrected chi connectivity index (χ3v) is 3.56. The average Bonchev–Trinajstić information content (AvgIpc) is 2.43. The van der Waals surface area contributed by atoms with Gasteiger partial charge in [-0.3, -0.25) is 4.79 Å². The summed E-state index contributed by atoms with van der Waals surface area (Å²) in [7, 11) is 0. The van der Waals surface area contributed by atoms with Crippen LogP contribution in [0.5, 0.6) is 5.75 Å². The van der Waals surface area contributed by atoms with Gasteiger partial charge in [-0.05, 0) is 44.0 Å². The van der Waals surface area contributed by atoms with Crippen LogP contribution in [0.15, 0.2) is 36.4 Å². The Kier molecular flexibility index (Phi) is 4.17. The Balaban J connectivity index is 2.51. The van der Waals surface area contributed by atoms with Crippen molar-refractivity contribution in [3.63, 3.8) is 0 Å². The van der Waals surface area contributed by atoms with Gasteiger partial charge in [0.25, 0.3) is 5.91 Å². The van der Waals surface area contributed by atoms with E-state index in [9.17, 15) is 9.90 Å². The molecule has 0 fully saturated rings. The summed E-state index contributed by atoms with van der Waals surface area (Å²) >= 11 is 0. The maximum Gasteiger partial charge on any atom is 0.260 e. The van der Waals surface area contributed by atoms with E-state index >= 15 is 0 Å². The normalized spacial score (nSPS) is 10.4. The highest BCUT2D eigenvalue weighted by atomic mass is 16.3. The van der Waals surface area contributed by atoms with Gasteiger partial charge >= 0.3 is 0 Å². The van der Waals surface area contributed by atoms with Crippen molar-refractivity contribution in [2.75, 3.05) is 17.2 Å². The molecule has 2 rings (SSSR count). The van der Waals surface area contributed by atoms with Gasteiger partial charge < -0.3 is 15.7 Å². The van der Waals surface area contributed by atoms with Gasteiger partial charge in [-0.1, -0.05) is 18.2 Å². The van der Waals surface area contributed by atoms with Gasteiger partial charge in [-0.15, -0.1) is 0 Å². The van der Waals surface area contributed by atoms with Crippen LogP contribution in [0.2, 0.25) is 0 Å². The summed E-state index contributed by atoms with van der Waals surface area (Å²) in [5, 5.41) is 9.68. The molecule has 2 aromatic carbocycles. The molecule has 0 spiro atoms. The fraction of sp³-hybridized carbons (Fsp3) is 0.235. The SMILES string of the molecule is CCN(C(=O)c1c(C)cccc1N)c1cc(O)ccc1C. The molecule has 0 atom stereocenters. The summed E-state index contributed by atoms with van der Waals surface area (Å²) in [5.41, 5.74) is 9.42. The van der Waals surface area contributed by atoms with Crippen molar-refractivity contribution >= 4 is 17.3 Å². The zero-order valence-electron chi connectivity index (χ0n) is 12.6. The van der Waals surface area contributed by atoms with Crippen LogP contribution in [0.1, 0.15) is 28.4 Å². The molecule has 0 unspecified atom stereocenters. The number of phenolic OH excluding ortho intramolecular Hbond substituents is 1. The van der Waals surface area contributed by atoms with E-state index in [1.807, 2.05) is 32.9 Å². The van der Waals surface area contributed by atoms with Gasteiger partial charge in [-0.25, -0.2) is 0 Å². The topological polar surface area (TPSA) is 66.6 Å². The molecule has 0 saturated carbocycles. The van der Waals surface area contributed by atoms with E-state index in [0.29, 0.717) is 23.5 Å². The second kappa shape index (κ2) is 5.87. The van der Waals surface area contributed by atoms with Crippen LogP contribution in [-0.4, -0.2) is 17.6 Å². The smallest absolute Gasteiger partial charge is 0.260 e. The molecule has 110 valence electrons. The molecule has 0 aromatic heterocycles. The number of amides is 1. The highest BCUT2D eigenvalue weighted by molar-refractivity contribution is 6.10. The number of nitrogens with two attached hydrogens (primary N) is 1. The van der Waals surface area contributed by atoms with Gasteiger partial charge in [0.05, 0.1) is 11.3 Å². The van der Waals surface area contributed by atoms with Gasteiger partial charge in [-0.2, -0.15) is 0 Å². The van der Waals surface area contributed by atoms with Crippen molar-refractivity contribution < 1.29 is 9.90 Å². The fourth-order valence-corrected chi connectivity index (χ4v) is 2.43. The van der Waals surface area contributed by atoms with E-state index in [2.05, 4.69) is 0 Å². The van der Waals surface area contributed by atoms with Crippen LogP contribution in [0.4, 0.5) is 11.4 Å². The second-order valence-electron chi connectivity index (χ2n) is 5.06. The Bertz CT molecular complexity index is 660. The lowest BCUT2D eigenvalue weighted by atomic mass is 10.0. The summed E-state index contributed by atoms with van der Waals surface area (Å²) in [6.07, 6.45) is 0. The van der Waals surface area contributed by atoms with Crippen molar-refractivity contribution in [2.24, 2.45) is 0 Å². The predicted molar refractivity (Wildman–Crippen MR) is 85.8 cm³/mol. The number of aryl methyl sites for hydroxylation is 2. The third-order valence-electron chi connectivity index (χ3n) is 3.56. The molecule has 0 heterocycles. The number of hydrogen-bond donors (Lipinski definition) is 2. The second-order valence-corrected chi connectivity index (χ2v) is 5.06. The lowest BCUT2D eigenvalue weighted by molar-refractivity contribution is 0.0988. The van der Waals surface area contributed by atoms with Gasteiger partial charge in [0.1, 0.15) is 5.75 Å². The molecule has 0 saturated heterocycles. The maximum atomic E-state index is 12.8. The van der Waals surface area contributed by atoms with Crippen LogP contribution in [-0.2, 0) is 0 Å². The number of aromatic hydroxyl groups is 1. The number of rotatable bonds is 3. The lowest BCUT2D eigenvalue weighted by Gasteiger charge is -2.24. The highest BCUT2D eigenvalue weighted by Gasteiger charge is 2.21. The van der Waals surface area contributed by atoms with E-state index in [0.717, 1.165) is 11.1 Å². The van der Waals surface area contributed by atoms with E-state index in [1.165, 1.54) is 0 Å². The van der Waals surface area contributed by atoms with Gasteiger partial charge in [0, 0.05) is 18.3 Å². The van der Waals surface area contributed by atoms with E-state index < -0.39 is 0 Å². The number of nitrogen functional groups attached to an aromatic ring is 1. The van der Waals surface area contributed by atoms with Gasteiger partial charge in [0.15, 0.2) is 0 Å². The molecule has 0 radical (unpaired) electrons. The number of anilines is 2. The van der Waals surface area contributed by atoms with E-state index in [1.54, 1.807) is 29.2 Å². The number of phenols is 1. The molecule has 0 aliphatic carbocycles. The molecule has 0 bridgehead atoms. The minimum atomic E-state index is -0.151. The van der Waals surface area contributed by atoms with Crippen molar-refractivity contribution in [3.05, 3.63) is 53.1 Å². The first-order valence-electron chi connectivity index (χ1n) is 6.92. The number of hydrogen-bond acceptors (Lipinski definition) is 3. The zero-order chi connectivity index (χ0) is 15.6. The Morgan fingerprint density at radius 3 is 2.52 bits per heavy atom. The first-order chi connectivity index (χ1) is 9.95. The molecule has 4 heteroatoms. The molecule has 3 N–H and O–H groups in total. The minimum absolute atomic E-state index is 0.139. The zero-order valence-corrected chi connectivity index (χ0v) is 12.6. The Hall–Kier alpha value is -2.49. The summed E-state index contributed by atoms with van der Waals surface area (Å²) in [6.45, 7) is 6.17. The standard InChI is InChI=1S/C17H20N2O2/c1-4-19(15-10-13(20)9-8-11(15)2)17(21)16-12(3)6-5-7-14(16)18/h5-10,20H,4,18H2,1-3H3. The number of carbonyl (C=O) groups excluding carboxylic acids is 1. The molecular formula is C17H20N2O2. The molecule has 0 aliphatic heterocycles. The first-order valence-corrected chi connectivity index (χ1v) is 6.92. The van der Waals surface area contributed by atoms with E-state index in [4.69, 9.17) is 5.73 Å². The molecule has 1 amide bonds. The average molecular weight is 284 g/mol. The maximum absolute atomic E-state index is 12.8. The van der Waals surface area contributed by atoms with Gasteiger partial charge in [0.2, 0.25) is 0 Å². The Morgan fingerprint density at radius 2 is 1.90 bits per heavy atom. The fourth-order valence-electron chi connectivity index (χ4n) is 2.43. The first kappa shape index (κ1) is 14.9. The number of benzene rings is 2. The monoisotopic (exact) mass is 284 g/mol. The summed E-state index contributed by atoms with van der Waals surface area (Å²) in [6, 6.07) is 10.4. The van der Waals surface area contributed by atoms with Crippen LogP contribution >= 0.6 is 0 Å². The van der Waals surface area contributed by atoms with Crippen LogP contribution in [0.3, 0.4) is 0 Å². The molecule has 2 aromatic rings. The van der Waals surface area contributed by atoms with Crippen LogP contribution in [0.25, 0.3) is 0 Å². The van der Waals surface area contributed by atoms with Crippen molar-refractivity contribution in [1.29, 1.82) is 0 Å². The number of nitrogens with zero attached hydrogens (tertiary/aromatic N) is 1. The van der Waals surface area contributed by atoms with Crippen molar-refractivity contribution in [1.82, 2.24) is 0 Å². The highest BCUT2D eigenvalue weighted by Crippen LogP contribution is 2.28. The van der Waals surface area contributed by atoms with E-state index in [-0.39, 0.29) is 11.7 Å². The largest absolute Gasteiger partial charge is 0.508 e. The Labute approximate surface area is 124 Å². The summed E-state index contributed by atoms with van der Waals surface area (Å²) < 4.78 is 0. The lowest BCUT2D eigenvalue weighted by Crippen LogP contribution is -2.32. The molecule has 0 aliphatic rings. The number of carbonyl (C=O) groups is 1. The van der Waals surface area contributed by atoms with Crippen LogP contribution in [0, 0.1) is 13.8 Å². The molecule has 21 heavy (non-hydrogen) atoms. The van der Waals surface area contributed by atoms with Crippen molar-refractivity contribution in [2.45, 2.75) is 20.8 Å². The quantitative estimate of drug-likeness (QED) is 0.850.